The minimum absolute atomic E-state index is 0.156. The summed E-state index contributed by atoms with van der Waals surface area (Å²) in [5, 5.41) is 7.72. The lowest BCUT2D eigenvalue weighted by molar-refractivity contribution is 0.258. The van der Waals surface area contributed by atoms with Gasteiger partial charge in [0.2, 0.25) is 0 Å². The number of guanidine groups is 1. The highest BCUT2D eigenvalue weighted by Crippen LogP contribution is 2.32. The van der Waals surface area contributed by atoms with Crippen LogP contribution in [0.25, 0.3) is 0 Å². The topological polar surface area (TPSA) is 42.9 Å². The Bertz CT molecular complexity index is 699. The van der Waals surface area contributed by atoms with Crippen LogP contribution >= 0.6 is 0 Å². The molecule has 4 rings (SSSR count). The zero-order chi connectivity index (χ0) is 20.1. The Labute approximate surface area is 176 Å². The summed E-state index contributed by atoms with van der Waals surface area (Å²) in [7, 11) is 1.93. The van der Waals surface area contributed by atoms with Crippen LogP contribution in [-0.2, 0) is 0 Å². The van der Waals surface area contributed by atoms with Gasteiger partial charge in [0.15, 0.2) is 5.96 Å². The highest BCUT2D eigenvalue weighted by molar-refractivity contribution is 5.80. The maximum Gasteiger partial charge on any atom is 0.193 e. The molecule has 0 amide bonds. The van der Waals surface area contributed by atoms with Crippen molar-refractivity contribution in [1.29, 1.82) is 0 Å². The number of hydrogen-bond acceptors (Lipinski definition) is 3. The van der Waals surface area contributed by atoms with Gasteiger partial charge in [0.05, 0.1) is 0 Å². The number of benzene rings is 1. The summed E-state index contributed by atoms with van der Waals surface area (Å²) >= 11 is 0. The lowest BCUT2D eigenvalue weighted by Gasteiger charge is -2.36. The number of hydrogen-bond donors (Lipinski definition) is 2. The van der Waals surface area contributed by atoms with Crippen LogP contribution in [-0.4, -0.2) is 67.1 Å². The first-order valence-electron chi connectivity index (χ1n) is 11.4. The van der Waals surface area contributed by atoms with E-state index in [1.54, 1.807) is 0 Å². The predicted molar refractivity (Wildman–Crippen MR) is 121 cm³/mol. The standard InChI is InChI=1S/C24H37N5/c1-20(21-10-4-3-5-11-21)27-24(13-6-7-14-24)19-26-23(25-2)29-17-12-22(18-29)28-15-8-9-16-28/h3-5,8-11,20,22,27H,6-7,12-19H2,1-2H3,(H,25,26). The first-order valence-corrected chi connectivity index (χ1v) is 11.4. The zero-order valence-corrected chi connectivity index (χ0v) is 18.1. The SMILES string of the molecule is CN=C(NCC1(NC(C)c2ccccc2)CCCC1)N1CCC(N2CC=CC2)C1. The highest BCUT2D eigenvalue weighted by Gasteiger charge is 2.36. The average Bonchev–Trinajstić information content (AvgIpc) is 3.51. The van der Waals surface area contributed by atoms with Crippen molar-refractivity contribution in [2.24, 2.45) is 4.99 Å². The third-order valence-electron chi connectivity index (χ3n) is 7.01. The first kappa shape index (κ1) is 20.4. The second-order valence-corrected chi connectivity index (χ2v) is 8.98. The highest BCUT2D eigenvalue weighted by atomic mass is 15.3. The molecule has 1 aliphatic carbocycles. The number of rotatable bonds is 6. The van der Waals surface area contributed by atoms with E-state index in [-0.39, 0.29) is 5.54 Å². The molecule has 2 fully saturated rings. The van der Waals surface area contributed by atoms with Gasteiger partial charge in [-0.1, -0.05) is 55.3 Å². The minimum Gasteiger partial charge on any atom is -0.354 e. The zero-order valence-electron chi connectivity index (χ0n) is 18.1. The van der Waals surface area contributed by atoms with Crippen molar-refractivity contribution >= 4 is 5.96 Å². The van der Waals surface area contributed by atoms with E-state index in [2.05, 4.69) is 74.8 Å². The van der Waals surface area contributed by atoms with E-state index >= 15 is 0 Å². The van der Waals surface area contributed by atoms with Crippen molar-refractivity contribution in [3.05, 3.63) is 48.0 Å². The van der Waals surface area contributed by atoms with Gasteiger partial charge < -0.3 is 15.5 Å². The molecule has 5 heteroatoms. The van der Waals surface area contributed by atoms with Crippen molar-refractivity contribution in [2.75, 3.05) is 39.8 Å². The quantitative estimate of drug-likeness (QED) is 0.441. The first-order chi connectivity index (χ1) is 14.2. The van der Waals surface area contributed by atoms with Gasteiger partial charge in [0.1, 0.15) is 0 Å². The van der Waals surface area contributed by atoms with E-state index in [0.717, 1.165) is 38.7 Å². The Morgan fingerprint density at radius 1 is 1.17 bits per heavy atom. The summed E-state index contributed by atoms with van der Waals surface area (Å²) in [5.74, 6) is 1.07. The van der Waals surface area contributed by atoms with Crippen molar-refractivity contribution in [1.82, 2.24) is 20.4 Å². The summed E-state index contributed by atoms with van der Waals surface area (Å²) in [4.78, 5) is 9.66. The van der Waals surface area contributed by atoms with Crippen molar-refractivity contribution in [3.8, 4) is 0 Å². The van der Waals surface area contributed by atoms with Gasteiger partial charge in [0, 0.05) is 57.4 Å². The fourth-order valence-corrected chi connectivity index (χ4v) is 5.31. The molecule has 5 nitrogen and oxygen atoms in total. The van der Waals surface area contributed by atoms with Gasteiger partial charge in [-0.15, -0.1) is 0 Å². The molecule has 2 unspecified atom stereocenters. The number of nitrogens with one attached hydrogen (secondary N) is 2. The van der Waals surface area contributed by atoms with E-state index < -0.39 is 0 Å². The second-order valence-electron chi connectivity index (χ2n) is 8.98. The van der Waals surface area contributed by atoms with Crippen LogP contribution in [0.4, 0.5) is 0 Å². The van der Waals surface area contributed by atoms with Crippen LogP contribution < -0.4 is 10.6 Å². The fourth-order valence-electron chi connectivity index (χ4n) is 5.31. The monoisotopic (exact) mass is 395 g/mol. The average molecular weight is 396 g/mol. The Morgan fingerprint density at radius 3 is 2.59 bits per heavy atom. The van der Waals surface area contributed by atoms with Gasteiger partial charge in [-0.2, -0.15) is 0 Å². The smallest absolute Gasteiger partial charge is 0.193 e. The molecule has 0 aromatic heterocycles. The van der Waals surface area contributed by atoms with Crippen LogP contribution in [0.2, 0.25) is 0 Å². The summed E-state index contributed by atoms with van der Waals surface area (Å²) in [6, 6.07) is 11.8. The van der Waals surface area contributed by atoms with Gasteiger partial charge in [-0.3, -0.25) is 9.89 Å². The Kier molecular flexibility index (Phi) is 6.56. The fraction of sp³-hybridized carbons (Fsp3) is 0.625. The van der Waals surface area contributed by atoms with Crippen LogP contribution in [0.3, 0.4) is 0 Å². The lowest BCUT2D eigenvalue weighted by Crippen LogP contribution is -2.54. The molecule has 2 atom stereocenters. The van der Waals surface area contributed by atoms with E-state index in [4.69, 9.17) is 0 Å². The Morgan fingerprint density at radius 2 is 1.90 bits per heavy atom. The van der Waals surface area contributed by atoms with E-state index in [1.165, 1.54) is 37.7 Å². The minimum atomic E-state index is 0.156. The summed E-state index contributed by atoms with van der Waals surface area (Å²) in [6.45, 7) is 7.64. The third-order valence-corrected chi connectivity index (χ3v) is 7.01. The van der Waals surface area contributed by atoms with Crippen molar-refractivity contribution < 1.29 is 0 Å². The summed E-state index contributed by atoms with van der Waals surface area (Å²) < 4.78 is 0. The molecule has 0 bridgehead atoms. The number of aliphatic imine (C=N–C) groups is 1. The largest absolute Gasteiger partial charge is 0.354 e. The molecule has 2 heterocycles. The van der Waals surface area contributed by atoms with Crippen molar-refractivity contribution in [2.45, 2.75) is 56.7 Å². The molecule has 1 saturated heterocycles. The maximum absolute atomic E-state index is 4.63. The number of nitrogens with zero attached hydrogens (tertiary/aromatic N) is 3. The summed E-state index contributed by atoms with van der Waals surface area (Å²) in [5.41, 5.74) is 1.52. The molecule has 2 aliphatic heterocycles. The molecular weight excluding hydrogens is 358 g/mol. The summed E-state index contributed by atoms with van der Waals surface area (Å²) in [6.07, 6.45) is 10.9. The molecule has 158 valence electrons. The molecule has 1 aromatic carbocycles. The van der Waals surface area contributed by atoms with Crippen LogP contribution in [0.1, 0.15) is 50.6 Å². The van der Waals surface area contributed by atoms with Gasteiger partial charge in [-0.05, 0) is 31.7 Å². The van der Waals surface area contributed by atoms with E-state index in [9.17, 15) is 0 Å². The van der Waals surface area contributed by atoms with E-state index in [1.807, 2.05) is 7.05 Å². The molecule has 0 spiro atoms. The van der Waals surface area contributed by atoms with Crippen LogP contribution in [0, 0.1) is 0 Å². The molecule has 2 N–H and O–H groups in total. The van der Waals surface area contributed by atoms with E-state index in [0.29, 0.717) is 12.1 Å². The molecule has 1 aromatic rings. The van der Waals surface area contributed by atoms with Gasteiger partial charge in [0.25, 0.3) is 0 Å². The normalized spacial score (nSPS) is 25.7. The lowest BCUT2D eigenvalue weighted by atomic mass is 9.94. The van der Waals surface area contributed by atoms with Crippen LogP contribution in [0.5, 0.6) is 0 Å². The van der Waals surface area contributed by atoms with Gasteiger partial charge >= 0.3 is 0 Å². The molecule has 29 heavy (non-hydrogen) atoms. The molecular formula is C24H37N5. The van der Waals surface area contributed by atoms with Crippen LogP contribution in [0.15, 0.2) is 47.5 Å². The predicted octanol–water partition coefficient (Wildman–Crippen LogP) is 3.17. The second kappa shape index (κ2) is 9.31. The number of likely N-dealkylation sites (tertiary alicyclic amines) is 1. The van der Waals surface area contributed by atoms with Gasteiger partial charge in [-0.25, -0.2) is 0 Å². The maximum atomic E-state index is 4.63. The molecule has 0 radical (unpaired) electrons. The Balaban J connectivity index is 1.34. The molecule has 3 aliphatic rings. The van der Waals surface area contributed by atoms with Crippen molar-refractivity contribution in [3.63, 3.8) is 0 Å². The Hall–Kier alpha value is -1.85. The molecule has 1 saturated carbocycles. The third kappa shape index (κ3) is 4.84.